The first-order valence-electron chi connectivity index (χ1n) is 4.59. The molecule has 0 bridgehead atoms. The van der Waals surface area contributed by atoms with Gasteiger partial charge in [0.25, 0.3) is 5.69 Å². The van der Waals surface area contributed by atoms with Crippen LogP contribution in [0.4, 0.5) is 11.4 Å². The zero-order chi connectivity index (χ0) is 12.6. The van der Waals surface area contributed by atoms with Gasteiger partial charge in [-0.2, -0.15) is 0 Å². The van der Waals surface area contributed by atoms with Gasteiger partial charge < -0.3 is 14.9 Å². The number of ether oxygens (including phenoxy) is 1. The van der Waals surface area contributed by atoms with Crippen LogP contribution in [0.3, 0.4) is 0 Å². The highest BCUT2D eigenvalue weighted by atomic mass is 16.6. The monoisotopic (exact) mass is 236 g/mol. The van der Waals surface area contributed by atoms with Gasteiger partial charge in [-0.3, -0.25) is 10.1 Å². The minimum absolute atomic E-state index is 0.0375. The number of nitro benzene ring substituents is 1. The molecule has 1 aromatic heterocycles. The molecular formula is C10H8N2O5. The third kappa shape index (κ3) is 1.67. The van der Waals surface area contributed by atoms with E-state index in [1.165, 1.54) is 25.3 Å². The van der Waals surface area contributed by atoms with E-state index in [-0.39, 0.29) is 17.1 Å². The molecule has 0 amide bonds. The van der Waals surface area contributed by atoms with Crippen molar-refractivity contribution in [1.29, 1.82) is 0 Å². The summed E-state index contributed by atoms with van der Waals surface area (Å²) in [4.78, 5) is 21.3. The van der Waals surface area contributed by atoms with Gasteiger partial charge in [-0.25, -0.2) is 4.79 Å². The van der Waals surface area contributed by atoms with Gasteiger partial charge in [-0.15, -0.1) is 0 Å². The molecule has 17 heavy (non-hydrogen) atoms. The minimum atomic E-state index is -0.721. The summed E-state index contributed by atoms with van der Waals surface area (Å²) in [6.45, 7) is 0. The lowest BCUT2D eigenvalue weighted by atomic mass is 10.2. The molecule has 0 saturated heterocycles. The Morgan fingerprint density at radius 1 is 1.53 bits per heavy atom. The summed E-state index contributed by atoms with van der Waals surface area (Å²) in [6.07, 6.45) is 0. The number of nitrogens with zero attached hydrogens (tertiary/aromatic N) is 1. The van der Waals surface area contributed by atoms with Crippen LogP contribution in [0.5, 0.6) is 0 Å². The number of hydrogen-bond acceptors (Lipinski definition) is 6. The van der Waals surface area contributed by atoms with Crippen LogP contribution in [0.1, 0.15) is 10.6 Å². The highest BCUT2D eigenvalue weighted by molar-refractivity contribution is 6.03. The number of nitro groups is 1. The summed E-state index contributed by atoms with van der Waals surface area (Å²) >= 11 is 0. The molecule has 1 aromatic carbocycles. The first kappa shape index (κ1) is 10.9. The maximum atomic E-state index is 11.3. The second-order valence-electron chi connectivity index (χ2n) is 3.27. The molecule has 7 heteroatoms. The number of methoxy groups -OCH3 is 1. The van der Waals surface area contributed by atoms with Crippen LogP contribution in [-0.2, 0) is 4.74 Å². The molecular weight excluding hydrogens is 228 g/mol. The summed E-state index contributed by atoms with van der Waals surface area (Å²) in [5, 5.41) is 10.9. The predicted molar refractivity (Wildman–Crippen MR) is 58.6 cm³/mol. The second-order valence-corrected chi connectivity index (χ2v) is 3.27. The number of nitrogens with two attached hydrogens (primary N) is 1. The van der Waals surface area contributed by atoms with Crippen LogP contribution < -0.4 is 5.73 Å². The topological polar surface area (TPSA) is 109 Å². The summed E-state index contributed by atoms with van der Waals surface area (Å²) in [6, 6.07) is 3.91. The molecule has 0 aliphatic heterocycles. The number of rotatable bonds is 2. The molecule has 0 unspecified atom stereocenters. The van der Waals surface area contributed by atoms with E-state index in [0.717, 1.165) is 0 Å². The highest BCUT2D eigenvalue weighted by Crippen LogP contribution is 2.31. The Morgan fingerprint density at radius 3 is 2.82 bits per heavy atom. The molecule has 0 saturated carbocycles. The van der Waals surface area contributed by atoms with Gasteiger partial charge in [-0.1, -0.05) is 0 Å². The van der Waals surface area contributed by atoms with Gasteiger partial charge in [0, 0.05) is 12.1 Å². The van der Waals surface area contributed by atoms with E-state index in [0.29, 0.717) is 11.0 Å². The second kappa shape index (κ2) is 3.78. The molecule has 0 radical (unpaired) electrons. The van der Waals surface area contributed by atoms with Crippen molar-refractivity contribution in [3.63, 3.8) is 0 Å². The van der Waals surface area contributed by atoms with Crippen molar-refractivity contribution < 1.29 is 18.9 Å². The Hall–Kier alpha value is -2.57. The van der Waals surface area contributed by atoms with Gasteiger partial charge in [-0.05, 0) is 6.07 Å². The van der Waals surface area contributed by atoms with E-state index < -0.39 is 10.9 Å². The highest BCUT2D eigenvalue weighted by Gasteiger charge is 2.20. The zero-order valence-corrected chi connectivity index (χ0v) is 8.80. The van der Waals surface area contributed by atoms with Crippen LogP contribution in [0, 0.1) is 10.1 Å². The van der Waals surface area contributed by atoms with Crippen LogP contribution >= 0.6 is 0 Å². The molecule has 0 fully saturated rings. The molecule has 1 heterocycles. The van der Waals surface area contributed by atoms with Crippen molar-refractivity contribution in [1.82, 2.24) is 0 Å². The first-order chi connectivity index (χ1) is 8.04. The van der Waals surface area contributed by atoms with Gasteiger partial charge in [0.05, 0.1) is 23.1 Å². The lowest BCUT2D eigenvalue weighted by Gasteiger charge is -1.94. The van der Waals surface area contributed by atoms with Crippen molar-refractivity contribution in [2.24, 2.45) is 0 Å². The zero-order valence-electron chi connectivity index (χ0n) is 8.80. The SMILES string of the molecule is COC(=O)c1oc2ccc([N+](=O)[O-])cc2c1N. The maximum absolute atomic E-state index is 11.3. The van der Waals surface area contributed by atoms with Crippen molar-refractivity contribution in [3.8, 4) is 0 Å². The molecule has 0 aliphatic carbocycles. The van der Waals surface area contributed by atoms with Crippen LogP contribution in [0.15, 0.2) is 22.6 Å². The van der Waals surface area contributed by atoms with Gasteiger partial charge in [0.15, 0.2) is 0 Å². The number of carbonyl (C=O) groups excluding carboxylic acids is 1. The molecule has 7 nitrogen and oxygen atoms in total. The third-order valence-corrected chi connectivity index (χ3v) is 2.29. The van der Waals surface area contributed by atoms with Crippen molar-refractivity contribution in [2.45, 2.75) is 0 Å². The summed E-state index contributed by atoms with van der Waals surface area (Å²) in [7, 11) is 1.19. The average molecular weight is 236 g/mol. The molecule has 0 atom stereocenters. The van der Waals surface area contributed by atoms with E-state index in [9.17, 15) is 14.9 Å². The number of furan rings is 1. The fraction of sp³-hybridized carbons (Fsp3) is 0.100. The summed E-state index contributed by atoms with van der Waals surface area (Å²) in [5.41, 5.74) is 5.88. The van der Waals surface area contributed by atoms with Gasteiger partial charge in [0.1, 0.15) is 5.58 Å². The number of non-ortho nitro benzene ring substituents is 1. The fourth-order valence-corrected chi connectivity index (χ4v) is 1.46. The number of carbonyl (C=O) groups is 1. The number of nitrogen functional groups attached to an aromatic ring is 1. The standard InChI is InChI=1S/C10H8N2O5/c1-16-10(13)9-8(11)6-4-5(12(14)15)2-3-7(6)17-9/h2-4H,11H2,1H3. The van der Waals surface area contributed by atoms with Crippen molar-refractivity contribution in [2.75, 3.05) is 12.8 Å². The minimum Gasteiger partial charge on any atom is -0.463 e. The van der Waals surface area contributed by atoms with E-state index in [4.69, 9.17) is 10.2 Å². The molecule has 2 N–H and O–H groups in total. The number of benzene rings is 1. The van der Waals surface area contributed by atoms with Crippen molar-refractivity contribution in [3.05, 3.63) is 34.1 Å². The van der Waals surface area contributed by atoms with Gasteiger partial charge >= 0.3 is 5.97 Å². The van der Waals surface area contributed by atoms with Crippen LogP contribution in [0.2, 0.25) is 0 Å². The Labute approximate surface area is 94.9 Å². The molecule has 2 aromatic rings. The number of anilines is 1. The Bertz CT molecular complexity index is 616. The Kier molecular flexibility index (Phi) is 2.43. The Morgan fingerprint density at radius 2 is 2.24 bits per heavy atom. The Balaban J connectivity index is 2.66. The lowest BCUT2D eigenvalue weighted by Crippen LogP contribution is -2.02. The molecule has 2 rings (SSSR count). The molecule has 88 valence electrons. The predicted octanol–water partition coefficient (Wildman–Crippen LogP) is 1.71. The number of fused-ring (bicyclic) bond motifs is 1. The van der Waals surface area contributed by atoms with E-state index in [1.807, 2.05) is 0 Å². The maximum Gasteiger partial charge on any atom is 0.376 e. The third-order valence-electron chi connectivity index (χ3n) is 2.29. The van der Waals surface area contributed by atoms with Crippen molar-refractivity contribution >= 4 is 28.3 Å². The summed E-state index contributed by atoms with van der Waals surface area (Å²) < 4.78 is 9.64. The summed E-state index contributed by atoms with van der Waals surface area (Å²) in [5.74, 6) is -0.871. The number of esters is 1. The quantitative estimate of drug-likeness (QED) is 0.483. The van der Waals surface area contributed by atoms with Crippen LogP contribution in [-0.4, -0.2) is 18.0 Å². The first-order valence-corrected chi connectivity index (χ1v) is 4.59. The van der Waals surface area contributed by atoms with E-state index in [1.54, 1.807) is 0 Å². The molecule has 0 aliphatic rings. The molecule has 0 spiro atoms. The largest absolute Gasteiger partial charge is 0.463 e. The van der Waals surface area contributed by atoms with Crippen LogP contribution in [0.25, 0.3) is 11.0 Å². The number of hydrogen-bond donors (Lipinski definition) is 1. The van der Waals surface area contributed by atoms with Gasteiger partial charge in [0.2, 0.25) is 5.76 Å². The smallest absolute Gasteiger partial charge is 0.376 e. The lowest BCUT2D eigenvalue weighted by molar-refractivity contribution is -0.384. The normalized spacial score (nSPS) is 10.4. The fourth-order valence-electron chi connectivity index (χ4n) is 1.46. The average Bonchev–Trinajstić information content (AvgIpc) is 2.65. The van der Waals surface area contributed by atoms with E-state index >= 15 is 0 Å². The van der Waals surface area contributed by atoms with E-state index in [2.05, 4.69) is 4.74 Å².